The highest BCUT2D eigenvalue weighted by Crippen LogP contribution is 2.07. The molecule has 0 atom stereocenters. The molecule has 0 bridgehead atoms. The van der Waals surface area contributed by atoms with Crippen LogP contribution < -0.4 is 10.6 Å². The van der Waals surface area contributed by atoms with Gasteiger partial charge in [-0.05, 0) is 38.4 Å². The highest BCUT2D eigenvalue weighted by atomic mass is 127. The lowest BCUT2D eigenvalue weighted by molar-refractivity contribution is 0.232. The summed E-state index contributed by atoms with van der Waals surface area (Å²) in [5, 5.41) is 15.2. The summed E-state index contributed by atoms with van der Waals surface area (Å²) in [6, 6.07) is 10.3. The van der Waals surface area contributed by atoms with E-state index in [1.54, 1.807) is 0 Å². The van der Waals surface area contributed by atoms with E-state index in [1.807, 2.05) is 36.7 Å². The van der Waals surface area contributed by atoms with Crippen molar-refractivity contribution in [2.45, 2.75) is 39.3 Å². The minimum Gasteiger partial charge on any atom is -0.355 e. The van der Waals surface area contributed by atoms with Crippen molar-refractivity contribution in [3.05, 3.63) is 47.5 Å². The van der Waals surface area contributed by atoms with Crippen LogP contribution in [0.25, 0.3) is 0 Å². The zero-order chi connectivity index (χ0) is 18.9. The third-order valence-electron chi connectivity index (χ3n) is 5.03. The summed E-state index contributed by atoms with van der Waals surface area (Å²) >= 11 is 0. The molecule has 0 aliphatic carbocycles. The van der Waals surface area contributed by atoms with Crippen molar-refractivity contribution < 1.29 is 0 Å². The Balaban J connectivity index is 0.00000280. The monoisotopic (exact) mass is 497 g/mol. The molecule has 0 unspecified atom stereocenters. The summed E-state index contributed by atoms with van der Waals surface area (Å²) in [5.74, 6) is 2.63. The second-order valence-electron chi connectivity index (χ2n) is 7.06. The number of likely N-dealkylation sites (tertiary alicyclic amines) is 1. The minimum atomic E-state index is 0. The predicted octanol–water partition coefficient (Wildman–Crippen LogP) is 2.46. The minimum absolute atomic E-state index is 0. The first-order valence-corrected chi connectivity index (χ1v) is 9.86. The van der Waals surface area contributed by atoms with E-state index in [0.29, 0.717) is 13.1 Å². The summed E-state index contributed by atoms with van der Waals surface area (Å²) in [6.07, 6.45) is 4.00. The Kier molecular flexibility index (Phi) is 9.69. The average Bonchev–Trinajstić information content (AvgIpc) is 3.03. The summed E-state index contributed by atoms with van der Waals surface area (Å²) in [7, 11) is 1.98. The molecule has 1 aromatic carbocycles. The Morgan fingerprint density at radius 2 is 1.82 bits per heavy atom. The number of rotatable bonds is 7. The topological polar surface area (TPSA) is 70.4 Å². The Bertz CT molecular complexity index is 723. The molecule has 8 heteroatoms. The molecule has 1 saturated heterocycles. The zero-order valence-electron chi connectivity index (χ0n) is 16.9. The molecule has 1 aliphatic rings. The second-order valence-corrected chi connectivity index (χ2v) is 7.06. The van der Waals surface area contributed by atoms with E-state index in [2.05, 4.69) is 37.9 Å². The molecule has 0 radical (unpaired) electrons. The van der Waals surface area contributed by atoms with E-state index in [1.165, 1.54) is 37.9 Å². The average molecular weight is 497 g/mol. The fourth-order valence-corrected chi connectivity index (χ4v) is 3.21. The number of hydrogen-bond acceptors (Lipinski definition) is 4. The van der Waals surface area contributed by atoms with Gasteiger partial charge < -0.3 is 20.1 Å². The Labute approximate surface area is 185 Å². The number of nitrogens with one attached hydrogen (secondary N) is 2. The molecular formula is C20H32IN7. The van der Waals surface area contributed by atoms with Gasteiger partial charge in [-0.1, -0.05) is 36.8 Å². The van der Waals surface area contributed by atoms with Crippen LogP contribution in [0.3, 0.4) is 0 Å². The summed E-state index contributed by atoms with van der Waals surface area (Å²) in [4.78, 5) is 7.27. The maximum atomic E-state index is 4.75. The quantitative estimate of drug-likeness (QED) is 0.350. The van der Waals surface area contributed by atoms with Gasteiger partial charge in [-0.15, -0.1) is 34.2 Å². The molecule has 7 nitrogen and oxygen atoms in total. The summed E-state index contributed by atoms with van der Waals surface area (Å²) < 4.78 is 2.00. The Morgan fingerprint density at radius 1 is 1.07 bits per heavy atom. The molecule has 1 aliphatic heterocycles. The van der Waals surface area contributed by atoms with Gasteiger partial charge in [0.2, 0.25) is 0 Å². The molecule has 0 amide bonds. The highest BCUT2D eigenvalue weighted by Gasteiger charge is 2.10. The van der Waals surface area contributed by atoms with Crippen molar-refractivity contribution >= 4 is 29.9 Å². The molecule has 2 N–H and O–H groups in total. The first kappa shape index (κ1) is 22.6. The summed E-state index contributed by atoms with van der Waals surface area (Å²) in [5.41, 5.74) is 1.20. The predicted molar refractivity (Wildman–Crippen MR) is 124 cm³/mol. The molecule has 2 aromatic rings. The van der Waals surface area contributed by atoms with Gasteiger partial charge >= 0.3 is 0 Å². The fraction of sp³-hybridized carbons (Fsp3) is 0.550. The van der Waals surface area contributed by atoms with Gasteiger partial charge in [0.25, 0.3) is 0 Å². The lowest BCUT2D eigenvalue weighted by atomic mass is 10.1. The lowest BCUT2D eigenvalue weighted by Crippen LogP contribution is -2.42. The maximum absolute atomic E-state index is 4.75. The number of hydrogen-bond donors (Lipinski definition) is 2. The number of aliphatic imine (C=N–C) groups is 1. The highest BCUT2D eigenvalue weighted by molar-refractivity contribution is 14.0. The van der Waals surface area contributed by atoms with Crippen molar-refractivity contribution in [1.29, 1.82) is 0 Å². The largest absolute Gasteiger partial charge is 0.355 e. The number of guanidine groups is 1. The van der Waals surface area contributed by atoms with Crippen LogP contribution in [-0.2, 0) is 20.1 Å². The van der Waals surface area contributed by atoms with Crippen molar-refractivity contribution in [2.24, 2.45) is 12.0 Å². The van der Waals surface area contributed by atoms with Crippen LogP contribution in [-0.4, -0.2) is 51.8 Å². The van der Waals surface area contributed by atoms with Crippen molar-refractivity contribution in [3.63, 3.8) is 0 Å². The molecule has 1 aromatic heterocycles. The van der Waals surface area contributed by atoms with E-state index < -0.39 is 0 Å². The molecule has 2 heterocycles. The van der Waals surface area contributed by atoms with Gasteiger partial charge in [-0.3, -0.25) is 0 Å². The molecule has 3 rings (SSSR count). The summed E-state index contributed by atoms with van der Waals surface area (Å²) in [6.45, 7) is 7.57. The number of aromatic nitrogens is 3. The molecule has 0 saturated carbocycles. The van der Waals surface area contributed by atoms with Crippen molar-refractivity contribution in [2.75, 3.05) is 26.2 Å². The van der Waals surface area contributed by atoms with Gasteiger partial charge in [-0.2, -0.15) is 0 Å². The first-order valence-electron chi connectivity index (χ1n) is 9.86. The van der Waals surface area contributed by atoms with Crippen LogP contribution in [0.2, 0.25) is 0 Å². The van der Waals surface area contributed by atoms with Crippen LogP contribution in [0.1, 0.15) is 36.5 Å². The molecule has 28 heavy (non-hydrogen) atoms. The third-order valence-corrected chi connectivity index (χ3v) is 5.03. The van der Waals surface area contributed by atoms with Gasteiger partial charge in [-0.25, -0.2) is 4.99 Å². The van der Waals surface area contributed by atoms with E-state index in [-0.39, 0.29) is 24.0 Å². The van der Waals surface area contributed by atoms with Crippen LogP contribution >= 0.6 is 24.0 Å². The number of nitrogens with zero attached hydrogens (tertiary/aromatic N) is 5. The Hall–Kier alpha value is -1.68. The van der Waals surface area contributed by atoms with E-state index >= 15 is 0 Å². The molecule has 154 valence electrons. The van der Waals surface area contributed by atoms with Gasteiger partial charge in [0.15, 0.2) is 11.8 Å². The SMILES string of the molecule is Cc1nnc(CNC(=NCc2ccccc2)NCCN2CCCCC2)n1C.I. The molecular weight excluding hydrogens is 465 g/mol. The number of halogens is 1. The smallest absolute Gasteiger partial charge is 0.192 e. The zero-order valence-corrected chi connectivity index (χ0v) is 19.2. The molecule has 0 spiro atoms. The lowest BCUT2D eigenvalue weighted by Gasteiger charge is -2.26. The number of piperidine rings is 1. The maximum Gasteiger partial charge on any atom is 0.192 e. The molecule has 1 fully saturated rings. The Morgan fingerprint density at radius 3 is 2.50 bits per heavy atom. The van der Waals surface area contributed by atoms with Crippen LogP contribution in [0.4, 0.5) is 0 Å². The number of aryl methyl sites for hydroxylation is 1. The van der Waals surface area contributed by atoms with E-state index in [0.717, 1.165) is 30.7 Å². The van der Waals surface area contributed by atoms with E-state index in [4.69, 9.17) is 4.99 Å². The van der Waals surface area contributed by atoms with Crippen LogP contribution in [0.5, 0.6) is 0 Å². The van der Waals surface area contributed by atoms with Gasteiger partial charge in [0.1, 0.15) is 5.82 Å². The van der Waals surface area contributed by atoms with Crippen LogP contribution in [0, 0.1) is 6.92 Å². The van der Waals surface area contributed by atoms with Crippen LogP contribution in [0.15, 0.2) is 35.3 Å². The first-order chi connectivity index (χ1) is 13.2. The normalized spacial score (nSPS) is 15.1. The van der Waals surface area contributed by atoms with Gasteiger partial charge in [0.05, 0.1) is 13.1 Å². The van der Waals surface area contributed by atoms with Crippen molar-refractivity contribution in [1.82, 2.24) is 30.3 Å². The number of benzene rings is 1. The van der Waals surface area contributed by atoms with Crippen molar-refractivity contribution in [3.8, 4) is 0 Å². The van der Waals surface area contributed by atoms with Gasteiger partial charge in [0, 0.05) is 20.1 Å². The third kappa shape index (κ3) is 7.05. The van der Waals surface area contributed by atoms with E-state index in [9.17, 15) is 0 Å². The standard InChI is InChI=1S/C20H31N7.HI/c1-17-24-25-19(26(17)2)16-23-20(22-15-18-9-5-3-6-10-18)21-11-14-27-12-7-4-8-13-27;/h3,5-6,9-10H,4,7-8,11-16H2,1-2H3,(H2,21,22,23);1H. The second kappa shape index (κ2) is 12.0. The fourth-order valence-electron chi connectivity index (χ4n) is 3.21.